The van der Waals surface area contributed by atoms with Crippen LogP contribution in [0.4, 0.5) is 15.8 Å². The Kier molecular flexibility index (Phi) is 5.15. The quantitative estimate of drug-likeness (QED) is 0.659. The summed E-state index contributed by atoms with van der Waals surface area (Å²) in [5.41, 5.74) is 6.32. The van der Waals surface area contributed by atoms with Gasteiger partial charge in [-0.25, -0.2) is 9.18 Å². The molecule has 1 unspecified atom stereocenters. The van der Waals surface area contributed by atoms with Gasteiger partial charge in [-0.3, -0.25) is 0 Å². The Morgan fingerprint density at radius 1 is 1.47 bits per heavy atom. The van der Waals surface area contributed by atoms with Crippen LogP contribution in [0.2, 0.25) is 0 Å². The number of benzene rings is 1. The van der Waals surface area contributed by atoms with Crippen LogP contribution in [0, 0.1) is 5.82 Å². The van der Waals surface area contributed by atoms with Crippen LogP contribution < -0.4 is 10.6 Å². The molecule has 5 heteroatoms. The first-order valence-electron chi connectivity index (χ1n) is 6.41. The molecular weight excluding hydrogens is 247 g/mol. The molecule has 1 rings (SSSR count). The number of carbonyl (C=O) groups is 1. The van der Waals surface area contributed by atoms with Crippen molar-refractivity contribution in [2.45, 2.75) is 33.2 Å². The average Bonchev–Trinajstić information content (AvgIpc) is 2.37. The summed E-state index contributed by atoms with van der Waals surface area (Å²) in [6.07, 6.45) is 0.870. The van der Waals surface area contributed by atoms with Crippen molar-refractivity contribution in [1.29, 1.82) is 0 Å². The Morgan fingerprint density at radius 2 is 2.11 bits per heavy atom. The predicted octanol–water partition coefficient (Wildman–Crippen LogP) is 2.82. The number of carbonyl (C=O) groups excluding carboxylic acids is 1. The molecular formula is C14H21FN2O2. The highest BCUT2D eigenvalue weighted by Gasteiger charge is 2.19. The Morgan fingerprint density at radius 3 is 2.63 bits per heavy atom. The van der Waals surface area contributed by atoms with E-state index >= 15 is 0 Å². The highest BCUT2D eigenvalue weighted by atomic mass is 19.1. The van der Waals surface area contributed by atoms with Crippen molar-refractivity contribution >= 4 is 17.3 Å². The minimum Gasteiger partial charge on any atom is -0.462 e. The second-order valence-corrected chi connectivity index (χ2v) is 4.48. The monoisotopic (exact) mass is 268 g/mol. The van der Waals surface area contributed by atoms with Crippen LogP contribution in [0.15, 0.2) is 12.1 Å². The normalized spacial score (nSPS) is 12.1. The Bertz CT molecular complexity index is 463. The van der Waals surface area contributed by atoms with E-state index in [2.05, 4.69) is 0 Å². The third-order valence-corrected chi connectivity index (χ3v) is 3.25. The maximum absolute atomic E-state index is 14.0. The molecule has 1 aromatic carbocycles. The van der Waals surface area contributed by atoms with E-state index < -0.39 is 11.8 Å². The summed E-state index contributed by atoms with van der Waals surface area (Å²) in [4.78, 5) is 13.5. The maximum Gasteiger partial charge on any atom is 0.340 e. The summed E-state index contributed by atoms with van der Waals surface area (Å²) >= 11 is 0. The van der Waals surface area contributed by atoms with E-state index in [-0.39, 0.29) is 23.9 Å². The van der Waals surface area contributed by atoms with Crippen molar-refractivity contribution in [2.24, 2.45) is 0 Å². The minimum absolute atomic E-state index is 0.0947. The van der Waals surface area contributed by atoms with Crippen LogP contribution in [-0.4, -0.2) is 25.7 Å². The molecule has 0 aliphatic heterocycles. The molecule has 0 fully saturated rings. The van der Waals surface area contributed by atoms with Gasteiger partial charge in [-0.2, -0.15) is 0 Å². The SMILES string of the molecule is CCOC(=O)c1cc(N(C)C(C)CC)c(F)cc1N. The van der Waals surface area contributed by atoms with Crippen molar-refractivity contribution in [3.05, 3.63) is 23.5 Å². The van der Waals surface area contributed by atoms with Gasteiger partial charge in [0.2, 0.25) is 0 Å². The standard InChI is InChI=1S/C14H21FN2O2/c1-5-9(3)17(4)13-7-10(14(18)19-6-2)12(16)8-11(13)15/h7-9H,5-6,16H2,1-4H3. The zero-order valence-electron chi connectivity index (χ0n) is 11.9. The fourth-order valence-electron chi connectivity index (χ4n) is 1.74. The van der Waals surface area contributed by atoms with Gasteiger partial charge in [0.05, 0.1) is 17.9 Å². The molecule has 0 heterocycles. The summed E-state index contributed by atoms with van der Waals surface area (Å²) in [5.74, 6) is -0.966. The molecule has 0 aliphatic carbocycles. The van der Waals surface area contributed by atoms with E-state index in [0.29, 0.717) is 5.69 Å². The molecule has 0 aliphatic rings. The van der Waals surface area contributed by atoms with Crippen LogP contribution >= 0.6 is 0 Å². The number of rotatable bonds is 5. The van der Waals surface area contributed by atoms with E-state index in [4.69, 9.17) is 10.5 Å². The van der Waals surface area contributed by atoms with Gasteiger partial charge in [-0.1, -0.05) is 6.92 Å². The van der Waals surface area contributed by atoms with Crippen LogP contribution in [0.25, 0.3) is 0 Å². The molecule has 1 aromatic rings. The molecule has 2 N–H and O–H groups in total. The first-order valence-corrected chi connectivity index (χ1v) is 6.41. The number of hydrogen-bond acceptors (Lipinski definition) is 4. The van der Waals surface area contributed by atoms with E-state index in [1.54, 1.807) is 18.9 Å². The van der Waals surface area contributed by atoms with Crippen molar-refractivity contribution in [2.75, 3.05) is 24.3 Å². The Hall–Kier alpha value is -1.78. The first-order chi connectivity index (χ1) is 8.92. The predicted molar refractivity (Wildman–Crippen MR) is 74.9 cm³/mol. The van der Waals surface area contributed by atoms with Gasteiger partial charge in [0.1, 0.15) is 5.82 Å². The summed E-state index contributed by atoms with van der Waals surface area (Å²) < 4.78 is 18.9. The number of hydrogen-bond donors (Lipinski definition) is 1. The van der Waals surface area contributed by atoms with Gasteiger partial charge >= 0.3 is 5.97 Å². The lowest BCUT2D eigenvalue weighted by molar-refractivity contribution is 0.0527. The van der Waals surface area contributed by atoms with Gasteiger partial charge in [0.15, 0.2) is 0 Å². The zero-order chi connectivity index (χ0) is 14.6. The summed E-state index contributed by atoms with van der Waals surface area (Å²) in [6, 6.07) is 2.78. The molecule has 0 spiro atoms. The topological polar surface area (TPSA) is 55.6 Å². The van der Waals surface area contributed by atoms with Crippen LogP contribution in [0.5, 0.6) is 0 Å². The van der Waals surface area contributed by atoms with E-state index in [9.17, 15) is 9.18 Å². The third-order valence-electron chi connectivity index (χ3n) is 3.25. The second kappa shape index (κ2) is 6.41. The van der Waals surface area contributed by atoms with Gasteiger partial charge in [0.25, 0.3) is 0 Å². The van der Waals surface area contributed by atoms with E-state index in [1.165, 1.54) is 12.1 Å². The number of nitrogens with zero attached hydrogens (tertiary/aromatic N) is 1. The average molecular weight is 268 g/mol. The molecule has 0 amide bonds. The largest absolute Gasteiger partial charge is 0.462 e. The fourth-order valence-corrected chi connectivity index (χ4v) is 1.74. The number of nitrogen functional groups attached to an aromatic ring is 1. The van der Waals surface area contributed by atoms with Gasteiger partial charge in [-0.15, -0.1) is 0 Å². The lowest BCUT2D eigenvalue weighted by Gasteiger charge is -2.27. The number of ether oxygens (including phenoxy) is 1. The van der Waals surface area contributed by atoms with Crippen LogP contribution in [-0.2, 0) is 4.74 Å². The summed E-state index contributed by atoms with van der Waals surface area (Å²) in [7, 11) is 1.79. The molecule has 0 radical (unpaired) electrons. The highest BCUT2D eigenvalue weighted by Crippen LogP contribution is 2.27. The van der Waals surface area contributed by atoms with Crippen molar-refractivity contribution in [1.82, 2.24) is 0 Å². The van der Waals surface area contributed by atoms with E-state index in [0.717, 1.165) is 6.42 Å². The zero-order valence-corrected chi connectivity index (χ0v) is 11.9. The highest BCUT2D eigenvalue weighted by molar-refractivity contribution is 5.96. The number of anilines is 2. The van der Waals surface area contributed by atoms with Crippen molar-refractivity contribution in [3.63, 3.8) is 0 Å². The molecule has 0 saturated carbocycles. The first kappa shape index (κ1) is 15.3. The molecule has 4 nitrogen and oxygen atoms in total. The minimum atomic E-state index is -0.529. The van der Waals surface area contributed by atoms with E-state index in [1.807, 2.05) is 13.8 Å². The van der Waals surface area contributed by atoms with Crippen LogP contribution in [0.3, 0.4) is 0 Å². The fraction of sp³-hybridized carbons (Fsp3) is 0.500. The Balaban J connectivity index is 3.19. The molecule has 0 bridgehead atoms. The van der Waals surface area contributed by atoms with Gasteiger partial charge in [-0.05, 0) is 32.4 Å². The molecule has 106 valence electrons. The molecule has 0 saturated heterocycles. The summed E-state index contributed by atoms with van der Waals surface area (Å²) in [6.45, 7) is 5.97. The van der Waals surface area contributed by atoms with Crippen molar-refractivity contribution in [3.8, 4) is 0 Å². The van der Waals surface area contributed by atoms with Crippen LogP contribution in [0.1, 0.15) is 37.6 Å². The molecule has 19 heavy (non-hydrogen) atoms. The van der Waals surface area contributed by atoms with Gasteiger partial charge in [0, 0.05) is 18.8 Å². The third kappa shape index (κ3) is 3.36. The van der Waals surface area contributed by atoms with Crippen molar-refractivity contribution < 1.29 is 13.9 Å². The number of halogens is 1. The number of esters is 1. The lowest BCUT2D eigenvalue weighted by atomic mass is 10.1. The summed E-state index contributed by atoms with van der Waals surface area (Å²) in [5, 5.41) is 0. The maximum atomic E-state index is 14.0. The van der Waals surface area contributed by atoms with Gasteiger partial charge < -0.3 is 15.4 Å². The Labute approximate surface area is 113 Å². The smallest absolute Gasteiger partial charge is 0.340 e. The molecule has 1 atom stereocenters. The molecule has 0 aromatic heterocycles. The lowest BCUT2D eigenvalue weighted by Crippen LogP contribution is -2.29. The second-order valence-electron chi connectivity index (χ2n) is 4.48. The number of nitrogens with two attached hydrogens (primary N) is 1.